The topological polar surface area (TPSA) is 69.2 Å². The quantitative estimate of drug-likeness (QED) is 0.685. The highest BCUT2D eigenvalue weighted by Crippen LogP contribution is 2.36. The van der Waals surface area contributed by atoms with E-state index in [0.717, 1.165) is 22.6 Å². The molecular weight excluding hydrogens is 360 g/mol. The van der Waals surface area contributed by atoms with Crippen LogP contribution in [0.15, 0.2) is 59.8 Å². The van der Waals surface area contributed by atoms with Crippen LogP contribution in [0.5, 0.6) is 11.6 Å². The van der Waals surface area contributed by atoms with Crippen molar-refractivity contribution >= 4 is 23.5 Å². The lowest BCUT2D eigenvalue weighted by Crippen LogP contribution is -2.23. The number of hydrogen-bond acceptors (Lipinski definition) is 7. The summed E-state index contributed by atoms with van der Waals surface area (Å²) in [6.07, 6.45) is 5.47. The van der Waals surface area contributed by atoms with E-state index >= 15 is 0 Å². The van der Waals surface area contributed by atoms with Crippen LogP contribution in [-0.4, -0.2) is 34.8 Å². The third-order valence-corrected chi connectivity index (χ3v) is 4.65. The lowest BCUT2D eigenvalue weighted by molar-refractivity contribution is 0.266. The number of rotatable bonds is 4. The first-order valence-electron chi connectivity index (χ1n) is 8.40. The molecule has 0 amide bonds. The van der Waals surface area contributed by atoms with E-state index in [2.05, 4.69) is 20.5 Å². The molecule has 7 heteroatoms. The van der Waals surface area contributed by atoms with E-state index in [1.165, 1.54) is 11.8 Å². The van der Waals surface area contributed by atoms with Gasteiger partial charge in [0.25, 0.3) is 0 Å². The van der Waals surface area contributed by atoms with Crippen LogP contribution in [0.2, 0.25) is 0 Å². The Morgan fingerprint density at radius 2 is 1.93 bits per heavy atom. The van der Waals surface area contributed by atoms with Crippen LogP contribution < -0.4 is 14.8 Å². The molecule has 0 radical (unpaired) electrons. The molecule has 0 fully saturated rings. The summed E-state index contributed by atoms with van der Waals surface area (Å²) in [6.45, 7) is 0. The van der Waals surface area contributed by atoms with Crippen LogP contribution >= 0.6 is 11.8 Å². The lowest BCUT2D eigenvalue weighted by atomic mass is 10.1. The molecule has 0 spiro atoms. The van der Waals surface area contributed by atoms with Crippen molar-refractivity contribution in [2.45, 2.75) is 11.4 Å². The summed E-state index contributed by atoms with van der Waals surface area (Å²) in [5.74, 6) is 1.29. The zero-order valence-corrected chi connectivity index (χ0v) is 15.7. The van der Waals surface area contributed by atoms with Gasteiger partial charge < -0.3 is 14.8 Å². The number of anilines is 1. The molecule has 1 atom stereocenters. The molecule has 0 aliphatic carbocycles. The lowest BCUT2D eigenvalue weighted by Gasteiger charge is -2.15. The van der Waals surface area contributed by atoms with Crippen LogP contribution in [0.1, 0.15) is 5.56 Å². The molecular formula is C20H18N4O2S. The first-order chi connectivity index (χ1) is 13.3. The van der Waals surface area contributed by atoms with Crippen LogP contribution in [0, 0.1) is 0 Å². The fraction of sp³-hybridized carbons (Fsp3) is 0.150. The van der Waals surface area contributed by atoms with E-state index in [4.69, 9.17) is 9.47 Å². The second kappa shape index (κ2) is 7.67. The normalized spacial score (nSPS) is 15.3. The van der Waals surface area contributed by atoms with E-state index < -0.39 is 0 Å². The van der Waals surface area contributed by atoms with E-state index in [0.29, 0.717) is 16.7 Å². The van der Waals surface area contributed by atoms with Gasteiger partial charge in [-0.2, -0.15) is 4.98 Å². The Balaban J connectivity index is 1.67. The Labute approximate surface area is 161 Å². The maximum Gasteiger partial charge on any atom is 0.247 e. The summed E-state index contributed by atoms with van der Waals surface area (Å²) in [7, 11) is 1.65. The Morgan fingerprint density at radius 1 is 1.11 bits per heavy atom. The van der Waals surface area contributed by atoms with Crippen molar-refractivity contribution in [2.75, 3.05) is 18.7 Å². The average molecular weight is 378 g/mol. The second-order valence-electron chi connectivity index (χ2n) is 5.81. The standard InChI is InChI=1S/C20H18N4O2S/c1-25-14-10-7-13(8-11-14)9-12-17-21-16-6-4-3-5-15(16)18-19(26-17)22-20(27-2)24-23-18/h3-12,17,21H,1-2H3/b12-9+. The molecule has 2 aromatic carbocycles. The fourth-order valence-electron chi connectivity index (χ4n) is 2.75. The molecule has 1 aliphatic rings. The largest absolute Gasteiger partial charge is 0.497 e. The number of fused-ring (bicyclic) bond motifs is 3. The molecule has 4 rings (SSSR count). The van der Waals surface area contributed by atoms with Gasteiger partial charge in [0.15, 0.2) is 11.9 Å². The monoisotopic (exact) mass is 378 g/mol. The van der Waals surface area contributed by atoms with Crippen LogP contribution in [0.3, 0.4) is 0 Å². The van der Waals surface area contributed by atoms with E-state index in [1.807, 2.05) is 66.9 Å². The molecule has 136 valence electrons. The first kappa shape index (κ1) is 17.4. The molecule has 1 N–H and O–H groups in total. The van der Waals surface area contributed by atoms with Crippen molar-refractivity contribution in [3.63, 3.8) is 0 Å². The highest BCUT2D eigenvalue weighted by Gasteiger charge is 2.23. The molecule has 0 saturated carbocycles. The predicted molar refractivity (Wildman–Crippen MR) is 107 cm³/mol. The van der Waals surface area contributed by atoms with Gasteiger partial charge in [-0.25, -0.2) is 0 Å². The molecule has 0 bridgehead atoms. The minimum absolute atomic E-state index is 0.388. The van der Waals surface area contributed by atoms with Crippen LogP contribution in [-0.2, 0) is 0 Å². The Bertz CT molecular complexity index is 976. The van der Waals surface area contributed by atoms with Crippen molar-refractivity contribution in [3.05, 3.63) is 60.2 Å². The minimum Gasteiger partial charge on any atom is -0.497 e. The van der Waals surface area contributed by atoms with Gasteiger partial charge in [0.05, 0.1) is 7.11 Å². The maximum absolute atomic E-state index is 6.10. The van der Waals surface area contributed by atoms with E-state index in [9.17, 15) is 0 Å². The molecule has 1 unspecified atom stereocenters. The third kappa shape index (κ3) is 3.73. The molecule has 2 heterocycles. The smallest absolute Gasteiger partial charge is 0.247 e. The number of ether oxygens (including phenoxy) is 2. The first-order valence-corrected chi connectivity index (χ1v) is 9.63. The van der Waals surface area contributed by atoms with Crippen LogP contribution in [0.4, 0.5) is 5.69 Å². The number of aromatic nitrogens is 3. The minimum atomic E-state index is -0.388. The maximum atomic E-state index is 6.10. The predicted octanol–water partition coefficient (Wildman–Crippen LogP) is 4.11. The number of nitrogens with zero attached hydrogens (tertiary/aromatic N) is 3. The van der Waals surface area contributed by atoms with Gasteiger partial charge >= 0.3 is 0 Å². The highest BCUT2D eigenvalue weighted by molar-refractivity contribution is 7.98. The van der Waals surface area contributed by atoms with Crippen molar-refractivity contribution in [3.8, 4) is 22.9 Å². The van der Waals surface area contributed by atoms with Gasteiger partial charge in [0.2, 0.25) is 11.0 Å². The Hall–Kier alpha value is -3.06. The van der Waals surface area contributed by atoms with Gasteiger partial charge in [-0.1, -0.05) is 48.2 Å². The SMILES string of the molecule is COc1ccc(/C=C/C2Nc3ccccc3-c3nnc(SC)nc3O2)cc1. The number of thioether (sulfide) groups is 1. The van der Waals surface area contributed by atoms with Crippen molar-refractivity contribution in [1.29, 1.82) is 0 Å². The second-order valence-corrected chi connectivity index (χ2v) is 6.59. The summed E-state index contributed by atoms with van der Waals surface area (Å²) in [5, 5.41) is 12.4. The molecule has 27 heavy (non-hydrogen) atoms. The Kier molecular flexibility index (Phi) is 4.93. The molecule has 3 aromatic rings. The van der Waals surface area contributed by atoms with Gasteiger partial charge in [0.1, 0.15) is 5.75 Å². The number of hydrogen-bond donors (Lipinski definition) is 1. The average Bonchev–Trinajstić information content (AvgIpc) is 2.88. The molecule has 1 aromatic heterocycles. The zero-order chi connectivity index (χ0) is 18.6. The Morgan fingerprint density at radius 3 is 2.70 bits per heavy atom. The van der Waals surface area contributed by atoms with Crippen molar-refractivity contribution in [1.82, 2.24) is 15.2 Å². The van der Waals surface area contributed by atoms with E-state index in [-0.39, 0.29) is 6.23 Å². The fourth-order valence-corrected chi connectivity index (χ4v) is 3.05. The van der Waals surface area contributed by atoms with Gasteiger partial charge in [-0.15, -0.1) is 10.2 Å². The summed E-state index contributed by atoms with van der Waals surface area (Å²) in [5.41, 5.74) is 3.52. The van der Waals surface area contributed by atoms with Gasteiger partial charge in [-0.05, 0) is 36.1 Å². The van der Waals surface area contributed by atoms with Crippen molar-refractivity contribution in [2.24, 2.45) is 0 Å². The number of methoxy groups -OCH3 is 1. The zero-order valence-electron chi connectivity index (χ0n) is 14.9. The highest BCUT2D eigenvalue weighted by atomic mass is 32.2. The summed E-state index contributed by atoms with van der Waals surface area (Å²) in [4.78, 5) is 4.50. The van der Waals surface area contributed by atoms with Crippen molar-refractivity contribution < 1.29 is 9.47 Å². The number of para-hydroxylation sites is 1. The van der Waals surface area contributed by atoms with E-state index in [1.54, 1.807) is 7.11 Å². The number of benzene rings is 2. The van der Waals surface area contributed by atoms with Crippen LogP contribution in [0.25, 0.3) is 17.3 Å². The summed E-state index contributed by atoms with van der Waals surface area (Å²) < 4.78 is 11.3. The molecule has 0 saturated heterocycles. The molecule has 1 aliphatic heterocycles. The summed E-state index contributed by atoms with van der Waals surface area (Å²) >= 11 is 1.43. The van der Waals surface area contributed by atoms with Gasteiger partial charge in [0, 0.05) is 11.3 Å². The number of nitrogens with one attached hydrogen (secondary N) is 1. The van der Waals surface area contributed by atoms with Gasteiger partial charge in [-0.3, -0.25) is 0 Å². The third-order valence-electron chi connectivity index (χ3n) is 4.12. The summed E-state index contributed by atoms with van der Waals surface area (Å²) in [6, 6.07) is 15.7. The molecule has 6 nitrogen and oxygen atoms in total.